The molecule has 0 amide bonds. The van der Waals surface area contributed by atoms with Crippen LogP contribution in [0, 0.1) is 0 Å². The van der Waals surface area contributed by atoms with Crippen molar-refractivity contribution in [3.63, 3.8) is 0 Å². The molecule has 2 aromatic rings. The first kappa shape index (κ1) is 15.4. The maximum absolute atomic E-state index is 5.73. The van der Waals surface area contributed by atoms with Crippen LogP contribution in [0.15, 0.2) is 54.6 Å². The van der Waals surface area contributed by atoms with Crippen molar-refractivity contribution < 1.29 is 9.47 Å². The van der Waals surface area contributed by atoms with Crippen LogP contribution in [0.25, 0.3) is 0 Å². The molecule has 3 heteroatoms. The van der Waals surface area contributed by atoms with Gasteiger partial charge < -0.3 is 14.8 Å². The molecule has 3 nitrogen and oxygen atoms in total. The van der Waals surface area contributed by atoms with Crippen LogP contribution in [0.2, 0.25) is 0 Å². The number of nitrogens with one attached hydrogen (secondary N) is 1. The largest absolute Gasteiger partial charge is 0.494 e. The van der Waals surface area contributed by atoms with Crippen molar-refractivity contribution in [2.45, 2.75) is 12.8 Å². The predicted octanol–water partition coefficient (Wildman–Crippen LogP) is 3.76. The summed E-state index contributed by atoms with van der Waals surface area (Å²) in [4.78, 5) is 0. The molecule has 0 bridgehead atoms. The fraction of sp³-hybridized carbons (Fsp3) is 0.333. The molecule has 0 heterocycles. The summed E-state index contributed by atoms with van der Waals surface area (Å²) in [6, 6.07) is 18.5. The first-order chi connectivity index (χ1) is 10.4. The van der Waals surface area contributed by atoms with Gasteiger partial charge in [-0.05, 0) is 42.7 Å². The van der Waals surface area contributed by atoms with Gasteiger partial charge in [-0.3, -0.25) is 0 Å². The summed E-state index contributed by atoms with van der Waals surface area (Å²) in [5.41, 5.74) is 2.43. The van der Waals surface area contributed by atoms with Crippen LogP contribution in [-0.4, -0.2) is 26.9 Å². The van der Waals surface area contributed by atoms with Crippen molar-refractivity contribution in [3.8, 4) is 5.75 Å². The minimum Gasteiger partial charge on any atom is -0.494 e. The molecule has 0 aromatic heterocycles. The lowest BCUT2D eigenvalue weighted by Crippen LogP contribution is -2.07. The Morgan fingerprint density at radius 3 is 2.38 bits per heavy atom. The molecule has 0 fully saturated rings. The highest BCUT2D eigenvalue weighted by Crippen LogP contribution is 2.13. The molecule has 0 aliphatic carbocycles. The summed E-state index contributed by atoms with van der Waals surface area (Å²) in [5.74, 6) is 0.927. The van der Waals surface area contributed by atoms with Gasteiger partial charge in [0, 0.05) is 19.3 Å². The molecule has 0 saturated carbocycles. The smallest absolute Gasteiger partial charge is 0.119 e. The van der Waals surface area contributed by atoms with E-state index in [4.69, 9.17) is 9.47 Å². The second kappa shape index (κ2) is 9.03. The van der Waals surface area contributed by atoms with E-state index < -0.39 is 0 Å². The normalized spacial score (nSPS) is 10.3. The van der Waals surface area contributed by atoms with Gasteiger partial charge in [-0.1, -0.05) is 30.3 Å². The quantitative estimate of drug-likeness (QED) is 0.712. The van der Waals surface area contributed by atoms with Crippen molar-refractivity contribution in [1.29, 1.82) is 0 Å². The van der Waals surface area contributed by atoms with Gasteiger partial charge in [0.2, 0.25) is 0 Å². The zero-order valence-electron chi connectivity index (χ0n) is 12.5. The summed E-state index contributed by atoms with van der Waals surface area (Å²) >= 11 is 0. The van der Waals surface area contributed by atoms with E-state index in [0.29, 0.717) is 0 Å². The number of methoxy groups -OCH3 is 1. The lowest BCUT2D eigenvalue weighted by Gasteiger charge is -2.09. The zero-order valence-corrected chi connectivity index (χ0v) is 12.5. The highest BCUT2D eigenvalue weighted by molar-refractivity contribution is 5.42. The summed E-state index contributed by atoms with van der Waals surface area (Å²) in [6.07, 6.45) is 1.91. The van der Waals surface area contributed by atoms with E-state index in [0.717, 1.165) is 44.0 Å². The van der Waals surface area contributed by atoms with Crippen LogP contribution in [0.3, 0.4) is 0 Å². The highest BCUT2D eigenvalue weighted by Gasteiger charge is 1.96. The van der Waals surface area contributed by atoms with Gasteiger partial charge in [0.1, 0.15) is 5.75 Å². The van der Waals surface area contributed by atoms with Crippen LogP contribution in [-0.2, 0) is 11.2 Å². The van der Waals surface area contributed by atoms with Crippen molar-refractivity contribution in [2.24, 2.45) is 0 Å². The average Bonchev–Trinajstić information content (AvgIpc) is 2.55. The monoisotopic (exact) mass is 285 g/mol. The number of hydrogen-bond acceptors (Lipinski definition) is 3. The molecule has 112 valence electrons. The van der Waals surface area contributed by atoms with Crippen LogP contribution in [0.5, 0.6) is 5.75 Å². The maximum Gasteiger partial charge on any atom is 0.119 e. The van der Waals surface area contributed by atoms with Crippen molar-refractivity contribution >= 4 is 5.69 Å². The molecule has 2 aromatic carbocycles. The first-order valence-corrected chi connectivity index (χ1v) is 7.38. The third-order valence-electron chi connectivity index (χ3n) is 3.21. The van der Waals surface area contributed by atoms with E-state index in [1.165, 1.54) is 5.56 Å². The lowest BCUT2D eigenvalue weighted by molar-refractivity contribution is 0.202. The average molecular weight is 285 g/mol. The molecule has 0 spiro atoms. The van der Waals surface area contributed by atoms with E-state index in [9.17, 15) is 0 Å². The first-order valence-electron chi connectivity index (χ1n) is 7.38. The van der Waals surface area contributed by atoms with Crippen LogP contribution in [0.4, 0.5) is 5.69 Å². The van der Waals surface area contributed by atoms with E-state index in [1.807, 2.05) is 30.3 Å². The molecule has 0 radical (unpaired) electrons. The summed E-state index contributed by atoms with van der Waals surface area (Å²) in [7, 11) is 1.72. The molecule has 0 saturated heterocycles. The third-order valence-corrected chi connectivity index (χ3v) is 3.21. The fourth-order valence-corrected chi connectivity index (χ4v) is 2.02. The number of hydrogen-bond donors (Lipinski definition) is 1. The van der Waals surface area contributed by atoms with Crippen LogP contribution < -0.4 is 10.1 Å². The van der Waals surface area contributed by atoms with Gasteiger partial charge in [-0.15, -0.1) is 0 Å². The van der Waals surface area contributed by atoms with E-state index in [-0.39, 0.29) is 0 Å². The predicted molar refractivity (Wildman–Crippen MR) is 87.1 cm³/mol. The molecule has 0 aliphatic heterocycles. The number of para-hydroxylation sites is 1. The lowest BCUT2D eigenvalue weighted by atomic mass is 10.1. The fourth-order valence-electron chi connectivity index (χ4n) is 2.02. The Bertz CT molecular complexity index is 496. The Labute approximate surface area is 126 Å². The molecule has 1 N–H and O–H groups in total. The number of benzene rings is 2. The number of ether oxygens (including phenoxy) is 2. The van der Waals surface area contributed by atoms with E-state index in [2.05, 4.69) is 29.6 Å². The van der Waals surface area contributed by atoms with Gasteiger partial charge in [-0.25, -0.2) is 0 Å². The SMILES string of the molecule is COCCc1ccc(OCCCNc2ccccc2)cc1. The van der Waals surface area contributed by atoms with Gasteiger partial charge >= 0.3 is 0 Å². The molecule has 21 heavy (non-hydrogen) atoms. The molecule has 0 atom stereocenters. The Morgan fingerprint density at radius 2 is 1.67 bits per heavy atom. The summed E-state index contributed by atoms with van der Waals surface area (Å²) in [6.45, 7) is 2.39. The van der Waals surface area contributed by atoms with Crippen molar-refractivity contribution in [1.82, 2.24) is 0 Å². The second-order valence-electron chi connectivity index (χ2n) is 4.88. The Balaban J connectivity index is 1.62. The minimum absolute atomic E-state index is 0.719. The molecular formula is C18H23NO2. The second-order valence-corrected chi connectivity index (χ2v) is 4.88. The molecule has 0 aliphatic rings. The Morgan fingerprint density at radius 1 is 0.905 bits per heavy atom. The topological polar surface area (TPSA) is 30.5 Å². The number of anilines is 1. The zero-order chi connectivity index (χ0) is 14.8. The van der Waals surface area contributed by atoms with Gasteiger partial charge in [-0.2, -0.15) is 0 Å². The number of rotatable bonds is 9. The Kier molecular flexibility index (Phi) is 6.62. The summed E-state index contributed by atoms with van der Waals surface area (Å²) < 4.78 is 10.8. The molecule has 2 rings (SSSR count). The van der Waals surface area contributed by atoms with E-state index in [1.54, 1.807) is 7.11 Å². The maximum atomic E-state index is 5.73. The molecular weight excluding hydrogens is 262 g/mol. The third kappa shape index (κ3) is 5.88. The van der Waals surface area contributed by atoms with Crippen LogP contribution in [0.1, 0.15) is 12.0 Å². The minimum atomic E-state index is 0.719. The van der Waals surface area contributed by atoms with Gasteiger partial charge in [0.15, 0.2) is 0 Å². The van der Waals surface area contributed by atoms with Gasteiger partial charge in [0.05, 0.1) is 13.2 Å². The van der Waals surface area contributed by atoms with Crippen LogP contribution >= 0.6 is 0 Å². The highest BCUT2D eigenvalue weighted by atomic mass is 16.5. The molecule has 0 unspecified atom stereocenters. The standard InChI is InChI=1S/C18H23NO2/c1-20-15-12-16-8-10-18(11-9-16)21-14-5-13-19-17-6-3-2-4-7-17/h2-4,6-11,19H,5,12-15H2,1H3. The van der Waals surface area contributed by atoms with Crippen molar-refractivity contribution in [2.75, 3.05) is 32.2 Å². The van der Waals surface area contributed by atoms with Crippen molar-refractivity contribution in [3.05, 3.63) is 60.2 Å². The van der Waals surface area contributed by atoms with E-state index >= 15 is 0 Å². The van der Waals surface area contributed by atoms with Gasteiger partial charge in [0.25, 0.3) is 0 Å². The Hall–Kier alpha value is -2.00. The summed E-state index contributed by atoms with van der Waals surface area (Å²) in [5, 5.41) is 3.37.